The van der Waals surface area contributed by atoms with Crippen molar-refractivity contribution >= 4 is 27.6 Å². The van der Waals surface area contributed by atoms with Gasteiger partial charge >= 0.3 is 5.97 Å². The third-order valence-electron chi connectivity index (χ3n) is 5.07. The van der Waals surface area contributed by atoms with Crippen molar-refractivity contribution in [2.24, 2.45) is 10.9 Å². The van der Waals surface area contributed by atoms with E-state index >= 15 is 0 Å². The summed E-state index contributed by atoms with van der Waals surface area (Å²) in [5.74, 6) is 0.471. The number of amides is 1. The summed E-state index contributed by atoms with van der Waals surface area (Å²) in [6.07, 6.45) is 5.15. The molecule has 0 aliphatic carbocycles. The van der Waals surface area contributed by atoms with Crippen LogP contribution in [-0.2, 0) is 14.8 Å². The first-order chi connectivity index (χ1) is 15.6. The van der Waals surface area contributed by atoms with Crippen LogP contribution < -0.4 is 16.6 Å². The number of carbonyl (C=O) groups excluding carboxylic acids is 2. The molecule has 3 rings (SSSR count). The Balaban J connectivity index is 2.44. The van der Waals surface area contributed by atoms with Gasteiger partial charge in [-0.25, -0.2) is 18.4 Å². The molecule has 168 valence electrons. The Labute approximate surface area is 191 Å². The Bertz CT molecular complexity index is 1410. The van der Waals surface area contributed by atoms with Crippen molar-refractivity contribution in [3.63, 3.8) is 0 Å². The van der Waals surface area contributed by atoms with Gasteiger partial charge in [-0.1, -0.05) is 48.4 Å². The van der Waals surface area contributed by atoms with Crippen molar-refractivity contribution in [3.05, 3.63) is 71.3 Å². The third kappa shape index (κ3) is 4.57. The van der Waals surface area contributed by atoms with Crippen LogP contribution in [0, 0.1) is 19.3 Å². The van der Waals surface area contributed by atoms with Crippen molar-refractivity contribution in [3.8, 4) is 34.6 Å². The van der Waals surface area contributed by atoms with Gasteiger partial charge in [-0.3, -0.25) is 4.79 Å². The molecular formula is C24H21N3O5S. The molecule has 0 atom stereocenters. The predicted octanol–water partition coefficient (Wildman–Crippen LogP) is 2.45. The van der Waals surface area contributed by atoms with Crippen LogP contribution in [0.4, 0.5) is 5.69 Å². The molecule has 0 heterocycles. The lowest BCUT2D eigenvalue weighted by Crippen LogP contribution is -2.24. The van der Waals surface area contributed by atoms with Gasteiger partial charge < -0.3 is 16.2 Å². The van der Waals surface area contributed by atoms with Crippen molar-refractivity contribution in [2.75, 3.05) is 12.3 Å². The van der Waals surface area contributed by atoms with Crippen LogP contribution >= 0.6 is 0 Å². The van der Waals surface area contributed by atoms with Gasteiger partial charge in [0, 0.05) is 11.1 Å². The fraction of sp³-hybridized carbons (Fsp3) is 0.0833. The number of primary sulfonamides is 1. The molecule has 0 unspecified atom stereocenters. The van der Waals surface area contributed by atoms with Gasteiger partial charge in [-0.2, -0.15) is 0 Å². The van der Waals surface area contributed by atoms with E-state index in [1.54, 1.807) is 49.4 Å². The molecule has 3 aromatic carbocycles. The Morgan fingerprint density at radius 3 is 2.27 bits per heavy atom. The summed E-state index contributed by atoms with van der Waals surface area (Å²) < 4.78 is 30.3. The number of hydrogen-bond donors (Lipinski definition) is 3. The topological polar surface area (TPSA) is 156 Å². The maximum absolute atomic E-state index is 12.6. The lowest BCUT2D eigenvalue weighted by Gasteiger charge is -2.20. The predicted molar refractivity (Wildman–Crippen MR) is 125 cm³/mol. The lowest BCUT2D eigenvalue weighted by molar-refractivity contribution is 0.0556. The number of carbonyl (C=O) groups is 2. The molecular weight excluding hydrogens is 442 g/mol. The summed E-state index contributed by atoms with van der Waals surface area (Å²) in [7, 11) is -4.47. The number of primary amides is 1. The average molecular weight is 464 g/mol. The van der Waals surface area contributed by atoms with E-state index in [-0.39, 0.29) is 23.4 Å². The zero-order chi connectivity index (χ0) is 24.3. The number of ether oxygens (including phenoxy) is 1. The van der Waals surface area contributed by atoms with Gasteiger partial charge in [-0.05, 0) is 35.7 Å². The van der Waals surface area contributed by atoms with Crippen molar-refractivity contribution in [1.29, 1.82) is 0 Å². The second-order valence-electron chi connectivity index (χ2n) is 7.12. The summed E-state index contributed by atoms with van der Waals surface area (Å²) in [5.41, 5.74) is 13.2. The van der Waals surface area contributed by atoms with E-state index in [0.717, 1.165) is 0 Å². The molecule has 33 heavy (non-hydrogen) atoms. The minimum atomic E-state index is -4.47. The van der Waals surface area contributed by atoms with E-state index in [0.29, 0.717) is 22.3 Å². The van der Waals surface area contributed by atoms with E-state index in [2.05, 4.69) is 5.92 Å². The second kappa shape index (κ2) is 9.16. The molecule has 1 amide bonds. The van der Waals surface area contributed by atoms with Crippen molar-refractivity contribution in [1.82, 2.24) is 0 Å². The minimum absolute atomic E-state index is 0.0726. The van der Waals surface area contributed by atoms with E-state index in [4.69, 9.17) is 27.8 Å². The molecule has 0 radical (unpaired) electrons. The molecule has 0 aromatic heterocycles. The largest absolute Gasteiger partial charge is 0.449 e. The van der Waals surface area contributed by atoms with E-state index in [9.17, 15) is 18.0 Å². The molecule has 0 saturated heterocycles. The van der Waals surface area contributed by atoms with Crippen LogP contribution in [0.3, 0.4) is 0 Å². The first kappa shape index (κ1) is 23.5. The summed E-state index contributed by atoms with van der Waals surface area (Å²) in [5, 5.41) is 5.50. The zero-order valence-electron chi connectivity index (χ0n) is 17.7. The molecule has 0 aliphatic heterocycles. The SMILES string of the molecule is C#CCOC(=O)c1cccc(-c2cc(-c3ccccc3)c(N)c(C(N)=O)c2S(N)(=O)=O)c1C. The number of terminal acetylenes is 1. The van der Waals surface area contributed by atoms with Gasteiger partial charge in [0.1, 0.15) is 4.90 Å². The monoisotopic (exact) mass is 463 g/mol. The van der Waals surface area contributed by atoms with Gasteiger partial charge in [-0.15, -0.1) is 6.42 Å². The number of nitrogen functional groups attached to an aromatic ring is 1. The highest BCUT2D eigenvalue weighted by Gasteiger charge is 2.29. The highest BCUT2D eigenvalue weighted by molar-refractivity contribution is 7.89. The maximum atomic E-state index is 12.6. The minimum Gasteiger partial charge on any atom is -0.449 e. The van der Waals surface area contributed by atoms with Crippen LogP contribution in [0.5, 0.6) is 0 Å². The van der Waals surface area contributed by atoms with E-state index in [1.807, 2.05) is 0 Å². The summed E-state index contributed by atoms with van der Waals surface area (Å²) in [6, 6.07) is 15.0. The highest BCUT2D eigenvalue weighted by atomic mass is 32.2. The number of rotatable bonds is 6. The Kier molecular flexibility index (Phi) is 6.53. The number of benzene rings is 3. The summed E-state index contributed by atoms with van der Waals surface area (Å²) >= 11 is 0. The molecule has 0 spiro atoms. The van der Waals surface area contributed by atoms with Crippen LogP contribution in [0.1, 0.15) is 26.3 Å². The number of sulfonamides is 1. The zero-order valence-corrected chi connectivity index (χ0v) is 18.5. The van der Waals surface area contributed by atoms with Gasteiger partial charge in [0.25, 0.3) is 5.91 Å². The molecule has 0 bridgehead atoms. The average Bonchev–Trinajstić information content (AvgIpc) is 2.77. The number of anilines is 1. The Morgan fingerprint density at radius 2 is 1.70 bits per heavy atom. The smallest absolute Gasteiger partial charge is 0.339 e. The van der Waals surface area contributed by atoms with Crippen LogP contribution in [0.25, 0.3) is 22.3 Å². The maximum Gasteiger partial charge on any atom is 0.339 e. The fourth-order valence-electron chi connectivity index (χ4n) is 3.61. The Hall–Kier alpha value is -4.13. The van der Waals surface area contributed by atoms with Crippen LogP contribution in [-0.4, -0.2) is 26.9 Å². The quantitative estimate of drug-likeness (QED) is 0.290. The summed E-state index contributed by atoms with van der Waals surface area (Å²) in [6.45, 7) is 1.38. The molecule has 3 aromatic rings. The van der Waals surface area contributed by atoms with Crippen molar-refractivity contribution < 1.29 is 22.7 Å². The van der Waals surface area contributed by atoms with Crippen LogP contribution in [0.15, 0.2) is 59.5 Å². The molecule has 0 fully saturated rings. The van der Waals surface area contributed by atoms with Crippen molar-refractivity contribution in [2.45, 2.75) is 11.8 Å². The molecule has 6 N–H and O–H groups in total. The normalized spacial score (nSPS) is 10.9. The van der Waals surface area contributed by atoms with Gasteiger partial charge in [0.05, 0.1) is 16.8 Å². The molecule has 8 nitrogen and oxygen atoms in total. The lowest BCUT2D eigenvalue weighted by atomic mass is 9.90. The highest BCUT2D eigenvalue weighted by Crippen LogP contribution is 2.41. The van der Waals surface area contributed by atoms with E-state index < -0.39 is 32.4 Å². The number of esters is 1. The van der Waals surface area contributed by atoms with Crippen LogP contribution in [0.2, 0.25) is 0 Å². The third-order valence-corrected chi connectivity index (χ3v) is 6.06. The number of hydrogen-bond acceptors (Lipinski definition) is 6. The molecule has 0 saturated carbocycles. The Morgan fingerprint density at radius 1 is 1.03 bits per heavy atom. The number of nitrogens with two attached hydrogens (primary N) is 3. The first-order valence-corrected chi connectivity index (χ1v) is 11.2. The first-order valence-electron chi connectivity index (χ1n) is 9.63. The summed E-state index contributed by atoms with van der Waals surface area (Å²) in [4.78, 5) is 24.3. The molecule has 0 aliphatic rings. The van der Waals surface area contributed by atoms with E-state index in [1.165, 1.54) is 12.1 Å². The standard InChI is InChI=1S/C24H21N3O5S/c1-3-12-32-24(29)17-11-7-10-16(14(17)2)19-13-18(15-8-5-4-6-9-15)21(25)20(23(26)28)22(19)33(27,30)31/h1,4-11,13H,12,25H2,2H3,(H2,26,28)(H2,27,30,31). The molecule has 9 heteroatoms. The second-order valence-corrected chi connectivity index (χ2v) is 8.62. The van der Waals surface area contributed by atoms with Gasteiger partial charge in [0.2, 0.25) is 10.0 Å². The fourth-order valence-corrected chi connectivity index (χ4v) is 4.58. The van der Waals surface area contributed by atoms with Gasteiger partial charge in [0.15, 0.2) is 6.61 Å².